The van der Waals surface area contributed by atoms with Crippen LogP contribution in [0.15, 0.2) is 0 Å². The van der Waals surface area contributed by atoms with E-state index >= 15 is 0 Å². The van der Waals surface area contributed by atoms with Crippen molar-refractivity contribution in [3.05, 3.63) is 0 Å². The summed E-state index contributed by atoms with van der Waals surface area (Å²) in [5.41, 5.74) is 5.93. The van der Waals surface area contributed by atoms with Gasteiger partial charge in [-0.15, -0.1) is 0 Å². The van der Waals surface area contributed by atoms with Crippen LogP contribution in [0.3, 0.4) is 0 Å². The summed E-state index contributed by atoms with van der Waals surface area (Å²) in [5.74, 6) is 0.800. The molecule has 2 atom stereocenters. The normalized spacial score (nSPS) is 34.6. The van der Waals surface area contributed by atoms with Crippen molar-refractivity contribution in [1.29, 1.82) is 0 Å². The molecular weight excluding hydrogens is 178 g/mol. The highest BCUT2D eigenvalue weighted by atomic mass is 16.5. The molecular formula is C11H19NO2. The van der Waals surface area contributed by atoms with Gasteiger partial charge in [-0.1, -0.05) is 6.42 Å². The number of nitrogens with two attached hydrogens (primary N) is 1. The van der Waals surface area contributed by atoms with Gasteiger partial charge in [-0.2, -0.15) is 0 Å². The Balaban J connectivity index is 1.92. The first kappa shape index (κ1) is 10.1. The van der Waals surface area contributed by atoms with Crippen LogP contribution in [-0.2, 0) is 9.53 Å². The molecule has 3 heteroatoms. The smallest absolute Gasteiger partial charge is 0.140 e. The van der Waals surface area contributed by atoms with Gasteiger partial charge >= 0.3 is 0 Å². The zero-order valence-electron chi connectivity index (χ0n) is 8.58. The van der Waals surface area contributed by atoms with Crippen molar-refractivity contribution in [2.24, 2.45) is 17.6 Å². The Morgan fingerprint density at radius 3 is 2.43 bits per heavy atom. The van der Waals surface area contributed by atoms with E-state index in [0.29, 0.717) is 5.78 Å². The van der Waals surface area contributed by atoms with Crippen molar-refractivity contribution in [3.8, 4) is 0 Å². The summed E-state index contributed by atoms with van der Waals surface area (Å²) < 4.78 is 5.26. The van der Waals surface area contributed by atoms with E-state index < -0.39 is 0 Å². The molecule has 2 aliphatic rings. The molecule has 0 aromatic rings. The lowest BCUT2D eigenvalue weighted by Gasteiger charge is -2.25. The van der Waals surface area contributed by atoms with Gasteiger partial charge in [-0.25, -0.2) is 0 Å². The molecule has 0 bridgehead atoms. The van der Waals surface area contributed by atoms with Gasteiger partial charge in [0.1, 0.15) is 5.78 Å². The summed E-state index contributed by atoms with van der Waals surface area (Å²) in [5, 5.41) is 0. The maximum absolute atomic E-state index is 12.1. The number of carbonyl (C=O) groups is 1. The molecule has 80 valence electrons. The molecule has 0 amide bonds. The van der Waals surface area contributed by atoms with Gasteiger partial charge in [0.25, 0.3) is 0 Å². The lowest BCUT2D eigenvalue weighted by atomic mass is 9.85. The summed E-state index contributed by atoms with van der Waals surface area (Å²) in [6.07, 6.45) is 4.97. The van der Waals surface area contributed by atoms with Gasteiger partial charge in [0.2, 0.25) is 0 Å². The van der Waals surface area contributed by atoms with E-state index in [2.05, 4.69) is 0 Å². The number of hydrogen-bond acceptors (Lipinski definition) is 3. The van der Waals surface area contributed by atoms with E-state index in [0.717, 1.165) is 45.3 Å². The predicted octanol–water partition coefficient (Wildman–Crippen LogP) is 1.11. The van der Waals surface area contributed by atoms with Gasteiger partial charge < -0.3 is 10.5 Å². The molecule has 2 unspecified atom stereocenters. The second kappa shape index (κ2) is 4.41. The van der Waals surface area contributed by atoms with Gasteiger partial charge in [-0.3, -0.25) is 4.79 Å². The van der Waals surface area contributed by atoms with E-state index in [1.54, 1.807) is 0 Å². The van der Waals surface area contributed by atoms with E-state index in [-0.39, 0.29) is 17.9 Å². The lowest BCUT2D eigenvalue weighted by Crippen LogP contribution is -2.36. The summed E-state index contributed by atoms with van der Waals surface area (Å²) >= 11 is 0. The first-order valence-corrected chi connectivity index (χ1v) is 5.66. The zero-order chi connectivity index (χ0) is 9.97. The molecule has 0 radical (unpaired) electrons. The molecule has 14 heavy (non-hydrogen) atoms. The molecule has 0 aromatic heterocycles. The predicted molar refractivity (Wildman–Crippen MR) is 53.9 cm³/mol. The SMILES string of the molecule is NC1CCCC1C(=O)C1CCOCC1. The van der Waals surface area contributed by atoms with Crippen LogP contribution in [-0.4, -0.2) is 25.0 Å². The second-order valence-corrected chi connectivity index (χ2v) is 4.49. The zero-order valence-corrected chi connectivity index (χ0v) is 8.58. The van der Waals surface area contributed by atoms with Crippen molar-refractivity contribution in [2.45, 2.75) is 38.1 Å². The first-order valence-electron chi connectivity index (χ1n) is 5.66. The van der Waals surface area contributed by atoms with Gasteiger partial charge in [0.15, 0.2) is 0 Å². The van der Waals surface area contributed by atoms with Crippen LogP contribution in [0.1, 0.15) is 32.1 Å². The third-order valence-corrected chi connectivity index (χ3v) is 3.56. The van der Waals surface area contributed by atoms with E-state index in [1.807, 2.05) is 0 Å². The number of Topliss-reactive ketones (excluding diaryl/α,β-unsaturated/α-hetero) is 1. The van der Waals surface area contributed by atoms with Crippen LogP contribution >= 0.6 is 0 Å². The molecule has 1 saturated carbocycles. The van der Waals surface area contributed by atoms with E-state index in [9.17, 15) is 4.79 Å². The highest BCUT2D eigenvalue weighted by Crippen LogP contribution is 2.30. The topological polar surface area (TPSA) is 52.3 Å². The molecule has 1 saturated heterocycles. The fraction of sp³-hybridized carbons (Fsp3) is 0.909. The van der Waals surface area contributed by atoms with Crippen LogP contribution in [0.25, 0.3) is 0 Å². The standard InChI is InChI=1S/C11H19NO2/c12-10-3-1-2-9(10)11(13)8-4-6-14-7-5-8/h8-10H,1-7,12H2. The van der Waals surface area contributed by atoms with Crippen LogP contribution in [0.4, 0.5) is 0 Å². The second-order valence-electron chi connectivity index (χ2n) is 4.49. The summed E-state index contributed by atoms with van der Waals surface area (Å²) in [4.78, 5) is 12.1. The third-order valence-electron chi connectivity index (χ3n) is 3.56. The minimum Gasteiger partial charge on any atom is -0.381 e. The quantitative estimate of drug-likeness (QED) is 0.721. The number of rotatable bonds is 2. The Labute approximate surface area is 85.0 Å². The van der Waals surface area contributed by atoms with Crippen LogP contribution in [0, 0.1) is 11.8 Å². The van der Waals surface area contributed by atoms with Gasteiger partial charge in [-0.05, 0) is 25.7 Å². The van der Waals surface area contributed by atoms with Crippen LogP contribution < -0.4 is 5.73 Å². The number of hydrogen-bond donors (Lipinski definition) is 1. The molecule has 2 rings (SSSR count). The maximum Gasteiger partial charge on any atom is 0.140 e. The molecule has 2 fully saturated rings. The molecule has 3 nitrogen and oxygen atoms in total. The fourth-order valence-corrected chi connectivity index (χ4v) is 2.63. The number of carbonyl (C=O) groups excluding carboxylic acids is 1. The Morgan fingerprint density at radius 2 is 1.86 bits per heavy atom. The molecule has 1 aliphatic heterocycles. The van der Waals surface area contributed by atoms with Crippen molar-refractivity contribution < 1.29 is 9.53 Å². The van der Waals surface area contributed by atoms with Gasteiger partial charge in [0.05, 0.1) is 0 Å². The average molecular weight is 197 g/mol. The monoisotopic (exact) mass is 197 g/mol. The Bertz CT molecular complexity index is 211. The highest BCUT2D eigenvalue weighted by Gasteiger charge is 2.34. The van der Waals surface area contributed by atoms with Gasteiger partial charge in [0, 0.05) is 31.1 Å². The van der Waals surface area contributed by atoms with Crippen LogP contribution in [0.5, 0.6) is 0 Å². The minimum atomic E-state index is 0.130. The summed E-state index contributed by atoms with van der Waals surface area (Å²) in [7, 11) is 0. The molecule has 2 N–H and O–H groups in total. The molecule has 1 aliphatic carbocycles. The highest BCUT2D eigenvalue weighted by molar-refractivity contribution is 5.84. The summed E-state index contributed by atoms with van der Waals surface area (Å²) in [6, 6.07) is 0.130. The molecule has 1 heterocycles. The maximum atomic E-state index is 12.1. The average Bonchev–Trinajstić information content (AvgIpc) is 2.65. The Kier molecular flexibility index (Phi) is 3.19. The van der Waals surface area contributed by atoms with E-state index in [1.165, 1.54) is 0 Å². The fourth-order valence-electron chi connectivity index (χ4n) is 2.63. The molecule has 0 spiro atoms. The molecule has 0 aromatic carbocycles. The first-order chi connectivity index (χ1) is 6.79. The van der Waals surface area contributed by atoms with Crippen molar-refractivity contribution in [3.63, 3.8) is 0 Å². The Hall–Kier alpha value is -0.410. The number of ether oxygens (including phenoxy) is 1. The van der Waals surface area contributed by atoms with Crippen LogP contribution in [0.2, 0.25) is 0 Å². The lowest BCUT2D eigenvalue weighted by molar-refractivity contribution is -0.129. The number of ketones is 1. The summed E-state index contributed by atoms with van der Waals surface area (Å²) in [6.45, 7) is 1.50. The van der Waals surface area contributed by atoms with E-state index in [4.69, 9.17) is 10.5 Å². The largest absolute Gasteiger partial charge is 0.381 e. The third kappa shape index (κ3) is 1.98. The van der Waals surface area contributed by atoms with Crippen molar-refractivity contribution >= 4 is 5.78 Å². The Morgan fingerprint density at radius 1 is 1.14 bits per heavy atom. The minimum absolute atomic E-state index is 0.130. The van der Waals surface area contributed by atoms with Crippen molar-refractivity contribution in [1.82, 2.24) is 0 Å². The van der Waals surface area contributed by atoms with Crippen molar-refractivity contribution in [2.75, 3.05) is 13.2 Å².